The number of likely N-dealkylation sites (tertiary alicyclic amines) is 1. The highest BCUT2D eigenvalue weighted by atomic mass is 19.1. The maximum atomic E-state index is 13.2. The van der Waals surface area contributed by atoms with E-state index in [2.05, 4.69) is 4.98 Å². The van der Waals surface area contributed by atoms with Crippen LogP contribution in [-0.2, 0) is 0 Å². The van der Waals surface area contributed by atoms with Crippen molar-refractivity contribution in [3.8, 4) is 0 Å². The summed E-state index contributed by atoms with van der Waals surface area (Å²) >= 11 is 0. The van der Waals surface area contributed by atoms with Crippen LogP contribution in [-0.4, -0.2) is 33.5 Å². The Bertz CT molecular complexity index is 921. The average Bonchev–Trinajstić information content (AvgIpc) is 3.03. The largest absolute Gasteiger partial charge is 0.391 e. The van der Waals surface area contributed by atoms with Gasteiger partial charge in [-0.3, -0.25) is 9.78 Å². The molecule has 1 amide bonds. The van der Waals surface area contributed by atoms with E-state index in [4.69, 9.17) is 0 Å². The van der Waals surface area contributed by atoms with Crippen molar-refractivity contribution in [2.75, 3.05) is 6.54 Å². The number of aliphatic hydroxyl groups excluding tert-OH is 1. The number of hydrogen-bond donors (Lipinski definition) is 1. The maximum absolute atomic E-state index is 13.2. The van der Waals surface area contributed by atoms with Crippen LogP contribution < -0.4 is 0 Å². The Labute approximate surface area is 144 Å². The quantitative estimate of drug-likeness (QED) is 0.781. The standard InChI is InChI=1S/C20H17FN2O2/c21-15-7-5-13(6-8-15)19-9-16(24)12-23(19)20(25)18-11-22-10-14-3-1-2-4-17(14)18/h1-8,10-11,16,19,24H,9,12H2/t16-,19-/m1/s1. The zero-order valence-electron chi connectivity index (χ0n) is 13.5. The number of aliphatic hydroxyl groups is 1. The van der Waals surface area contributed by atoms with Crippen molar-refractivity contribution >= 4 is 16.7 Å². The smallest absolute Gasteiger partial charge is 0.256 e. The van der Waals surface area contributed by atoms with Crippen molar-refractivity contribution < 1.29 is 14.3 Å². The van der Waals surface area contributed by atoms with Gasteiger partial charge in [-0.05, 0) is 29.5 Å². The summed E-state index contributed by atoms with van der Waals surface area (Å²) in [4.78, 5) is 19.0. The van der Waals surface area contributed by atoms with Gasteiger partial charge in [-0.25, -0.2) is 4.39 Å². The van der Waals surface area contributed by atoms with Gasteiger partial charge in [0, 0.05) is 24.3 Å². The maximum Gasteiger partial charge on any atom is 0.256 e. The number of fused-ring (bicyclic) bond motifs is 1. The molecule has 0 bridgehead atoms. The molecular weight excluding hydrogens is 319 g/mol. The number of nitrogens with zero attached hydrogens (tertiary/aromatic N) is 2. The third-order valence-electron chi connectivity index (χ3n) is 4.69. The molecule has 4 rings (SSSR count). The Balaban J connectivity index is 1.73. The Morgan fingerprint density at radius 1 is 1.12 bits per heavy atom. The fourth-order valence-corrected chi connectivity index (χ4v) is 3.48. The molecule has 1 fully saturated rings. The van der Waals surface area contributed by atoms with Gasteiger partial charge in [-0.15, -0.1) is 0 Å². The minimum Gasteiger partial charge on any atom is -0.391 e. The minimum atomic E-state index is -0.595. The first-order chi connectivity index (χ1) is 12.1. The van der Waals surface area contributed by atoms with Crippen molar-refractivity contribution in [1.29, 1.82) is 0 Å². The Morgan fingerprint density at radius 2 is 1.88 bits per heavy atom. The van der Waals surface area contributed by atoms with E-state index >= 15 is 0 Å². The molecule has 1 aliphatic heterocycles. The van der Waals surface area contributed by atoms with E-state index in [1.165, 1.54) is 12.1 Å². The van der Waals surface area contributed by atoms with Gasteiger partial charge in [-0.1, -0.05) is 36.4 Å². The molecular formula is C20H17FN2O2. The number of halogens is 1. The van der Waals surface area contributed by atoms with Gasteiger partial charge in [0.2, 0.25) is 0 Å². The van der Waals surface area contributed by atoms with Crippen LogP contribution in [0.5, 0.6) is 0 Å². The second-order valence-electron chi connectivity index (χ2n) is 6.32. The minimum absolute atomic E-state index is 0.171. The number of carbonyl (C=O) groups excluding carboxylic acids is 1. The van der Waals surface area contributed by atoms with E-state index in [0.717, 1.165) is 16.3 Å². The topological polar surface area (TPSA) is 53.4 Å². The summed E-state index contributed by atoms with van der Waals surface area (Å²) in [6.07, 6.45) is 3.14. The first kappa shape index (κ1) is 15.7. The van der Waals surface area contributed by atoms with Gasteiger partial charge in [0.05, 0.1) is 17.7 Å². The number of amides is 1. The number of pyridine rings is 1. The SMILES string of the molecule is O=C(c1cncc2ccccc12)N1C[C@H](O)C[C@@H]1c1ccc(F)cc1. The molecule has 2 aromatic carbocycles. The molecule has 1 aromatic heterocycles. The molecule has 126 valence electrons. The molecule has 2 heterocycles. The van der Waals surface area contributed by atoms with E-state index < -0.39 is 6.10 Å². The molecule has 0 unspecified atom stereocenters. The zero-order chi connectivity index (χ0) is 17.4. The van der Waals surface area contributed by atoms with Crippen molar-refractivity contribution in [3.05, 3.63) is 77.9 Å². The highest BCUT2D eigenvalue weighted by Gasteiger charge is 2.36. The van der Waals surface area contributed by atoms with Crippen LogP contribution in [0.25, 0.3) is 10.8 Å². The molecule has 25 heavy (non-hydrogen) atoms. The molecule has 0 aliphatic carbocycles. The van der Waals surface area contributed by atoms with E-state index in [0.29, 0.717) is 12.0 Å². The Hall–Kier alpha value is -2.79. The lowest BCUT2D eigenvalue weighted by Crippen LogP contribution is -2.32. The van der Waals surface area contributed by atoms with Gasteiger partial charge in [0.15, 0.2) is 0 Å². The highest BCUT2D eigenvalue weighted by Crippen LogP contribution is 2.34. The fraction of sp³-hybridized carbons (Fsp3) is 0.200. The van der Waals surface area contributed by atoms with Crippen LogP contribution in [0.4, 0.5) is 4.39 Å². The Morgan fingerprint density at radius 3 is 2.68 bits per heavy atom. The van der Waals surface area contributed by atoms with Gasteiger partial charge in [0.1, 0.15) is 5.82 Å². The van der Waals surface area contributed by atoms with E-state index in [1.807, 2.05) is 24.3 Å². The zero-order valence-corrected chi connectivity index (χ0v) is 13.5. The predicted molar refractivity (Wildman–Crippen MR) is 92.5 cm³/mol. The fourth-order valence-electron chi connectivity index (χ4n) is 3.48. The van der Waals surface area contributed by atoms with Crippen molar-refractivity contribution in [1.82, 2.24) is 9.88 Å². The van der Waals surface area contributed by atoms with Crippen LogP contribution in [0.15, 0.2) is 60.9 Å². The number of aromatic nitrogens is 1. The lowest BCUT2D eigenvalue weighted by atomic mass is 10.0. The molecule has 1 aliphatic rings. The third-order valence-corrected chi connectivity index (χ3v) is 4.69. The number of benzene rings is 2. The molecule has 4 nitrogen and oxygen atoms in total. The number of carbonyl (C=O) groups is 1. The van der Waals surface area contributed by atoms with E-state index in [-0.39, 0.29) is 24.3 Å². The van der Waals surface area contributed by atoms with E-state index in [9.17, 15) is 14.3 Å². The van der Waals surface area contributed by atoms with Crippen molar-refractivity contribution in [2.24, 2.45) is 0 Å². The summed E-state index contributed by atoms with van der Waals surface area (Å²) in [5.74, 6) is -0.492. The molecule has 1 saturated heterocycles. The molecule has 0 radical (unpaired) electrons. The number of hydrogen-bond acceptors (Lipinski definition) is 3. The summed E-state index contributed by atoms with van der Waals surface area (Å²) in [5, 5.41) is 11.8. The van der Waals surface area contributed by atoms with Gasteiger partial charge >= 0.3 is 0 Å². The van der Waals surface area contributed by atoms with Crippen LogP contribution >= 0.6 is 0 Å². The van der Waals surface area contributed by atoms with Gasteiger partial charge < -0.3 is 10.0 Å². The summed E-state index contributed by atoms with van der Waals surface area (Å²) in [6.45, 7) is 0.254. The molecule has 1 N–H and O–H groups in total. The van der Waals surface area contributed by atoms with Gasteiger partial charge in [0.25, 0.3) is 5.91 Å². The van der Waals surface area contributed by atoms with Crippen molar-refractivity contribution in [2.45, 2.75) is 18.6 Å². The average molecular weight is 336 g/mol. The van der Waals surface area contributed by atoms with Crippen molar-refractivity contribution in [3.63, 3.8) is 0 Å². The normalized spacial score (nSPS) is 20.2. The highest BCUT2D eigenvalue weighted by molar-refractivity contribution is 6.06. The van der Waals surface area contributed by atoms with Crippen LogP contribution in [0.1, 0.15) is 28.4 Å². The monoisotopic (exact) mass is 336 g/mol. The molecule has 5 heteroatoms. The molecule has 2 atom stereocenters. The molecule has 0 spiro atoms. The molecule has 0 saturated carbocycles. The second kappa shape index (κ2) is 6.26. The van der Waals surface area contributed by atoms with E-state index in [1.54, 1.807) is 29.4 Å². The summed E-state index contributed by atoms with van der Waals surface area (Å²) in [7, 11) is 0. The number of β-amino-alcohol motifs (C(OH)–C–C–N with tert-alkyl or cyclic N) is 1. The summed E-state index contributed by atoms with van der Waals surface area (Å²) in [5.41, 5.74) is 1.33. The summed E-state index contributed by atoms with van der Waals surface area (Å²) < 4.78 is 13.2. The summed E-state index contributed by atoms with van der Waals surface area (Å²) in [6, 6.07) is 13.4. The van der Waals surface area contributed by atoms with Crippen LogP contribution in [0, 0.1) is 5.82 Å². The predicted octanol–water partition coefficient (Wildman–Crippen LogP) is 3.32. The number of rotatable bonds is 2. The van der Waals surface area contributed by atoms with Crippen LogP contribution in [0.3, 0.4) is 0 Å². The Kier molecular flexibility index (Phi) is 3.93. The second-order valence-corrected chi connectivity index (χ2v) is 6.32. The lowest BCUT2D eigenvalue weighted by molar-refractivity contribution is 0.0717. The van der Waals surface area contributed by atoms with Crippen LogP contribution in [0.2, 0.25) is 0 Å². The van der Waals surface area contributed by atoms with Gasteiger partial charge in [-0.2, -0.15) is 0 Å². The third kappa shape index (κ3) is 2.87. The lowest BCUT2D eigenvalue weighted by Gasteiger charge is -2.25. The first-order valence-electron chi connectivity index (χ1n) is 8.21. The molecule has 3 aromatic rings. The first-order valence-corrected chi connectivity index (χ1v) is 8.21.